The van der Waals surface area contributed by atoms with Crippen molar-refractivity contribution < 1.29 is 14.4 Å². The monoisotopic (exact) mass is 322 g/mol. The highest BCUT2D eigenvalue weighted by molar-refractivity contribution is 6.22. The van der Waals surface area contributed by atoms with Crippen LogP contribution in [0.1, 0.15) is 37.4 Å². The Bertz CT molecular complexity index is 836. The van der Waals surface area contributed by atoms with E-state index in [9.17, 15) is 14.4 Å². The Balaban J connectivity index is 1.76. The van der Waals surface area contributed by atoms with Gasteiger partial charge in [-0.05, 0) is 55.7 Å². The topological polar surface area (TPSA) is 66.5 Å². The molecule has 0 saturated heterocycles. The first-order valence-electron chi connectivity index (χ1n) is 7.71. The van der Waals surface area contributed by atoms with Crippen molar-refractivity contribution in [3.8, 4) is 0 Å². The molecule has 1 aliphatic heterocycles. The van der Waals surface area contributed by atoms with E-state index >= 15 is 0 Å². The van der Waals surface area contributed by atoms with Gasteiger partial charge in [0.2, 0.25) is 5.91 Å². The predicted octanol–water partition coefficient (Wildman–Crippen LogP) is 2.85. The lowest BCUT2D eigenvalue weighted by Crippen LogP contribution is -2.37. The first-order chi connectivity index (χ1) is 11.4. The van der Waals surface area contributed by atoms with E-state index in [-0.39, 0.29) is 6.54 Å². The highest BCUT2D eigenvalue weighted by Gasteiger charge is 2.36. The molecule has 1 heterocycles. The third-order valence-electron chi connectivity index (χ3n) is 4.29. The number of amides is 3. The third-order valence-corrected chi connectivity index (χ3v) is 4.29. The van der Waals surface area contributed by atoms with E-state index in [4.69, 9.17) is 0 Å². The molecule has 122 valence electrons. The zero-order chi connectivity index (χ0) is 17.4. The van der Waals surface area contributed by atoms with Crippen LogP contribution in [0.15, 0.2) is 36.4 Å². The minimum Gasteiger partial charge on any atom is -0.324 e. The van der Waals surface area contributed by atoms with E-state index in [2.05, 4.69) is 5.32 Å². The maximum atomic E-state index is 12.3. The average molecular weight is 322 g/mol. The van der Waals surface area contributed by atoms with Crippen molar-refractivity contribution in [2.75, 3.05) is 11.9 Å². The Kier molecular flexibility index (Phi) is 3.93. The van der Waals surface area contributed by atoms with E-state index in [1.807, 2.05) is 32.9 Å². The summed E-state index contributed by atoms with van der Waals surface area (Å²) in [6.07, 6.45) is 0. The zero-order valence-electron chi connectivity index (χ0n) is 13.8. The second kappa shape index (κ2) is 5.92. The summed E-state index contributed by atoms with van der Waals surface area (Å²) in [5.41, 5.74) is 4.53. The number of carbonyl (C=O) groups is 3. The minimum atomic E-state index is -0.428. The molecule has 24 heavy (non-hydrogen) atoms. The van der Waals surface area contributed by atoms with Gasteiger partial charge < -0.3 is 5.32 Å². The molecular formula is C19H18N2O3. The molecule has 0 fully saturated rings. The summed E-state index contributed by atoms with van der Waals surface area (Å²) < 4.78 is 0. The van der Waals surface area contributed by atoms with Gasteiger partial charge in [0.15, 0.2) is 0 Å². The summed E-state index contributed by atoms with van der Waals surface area (Å²) in [4.78, 5) is 37.9. The average Bonchev–Trinajstić information content (AvgIpc) is 2.78. The van der Waals surface area contributed by atoms with Gasteiger partial charge >= 0.3 is 0 Å². The van der Waals surface area contributed by atoms with Crippen LogP contribution in [0.25, 0.3) is 0 Å². The number of aryl methyl sites for hydroxylation is 3. The second-order valence-electron chi connectivity index (χ2n) is 6.04. The van der Waals surface area contributed by atoms with Gasteiger partial charge in [0.05, 0.1) is 11.1 Å². The van der Waals surface area contributed by atoms with Crippen LogP contribution < -0.4 is 5.32 Å². The molecule has 3 amide bonds. The molecule has 1 aliphatic rings. The van der Waals surface area contributed by atoms with E-state index in [0.717, 1.165) is 21.6 Å². The van der Waals surface area contributed by atoms with Gasteiger partial charge in [-0.2, -0.15) is 0 Å². The van der Waals surface area contributed by atoms with Crippen molar-refractivity contribution in [3.63, 3.8) is 0 Å². The van der Waals surface area contributed by atoms with Crippen LogP contribution in [0, 0.1) is 20.8 Å². The summed E-state index contributed by atoms with van der Waals surface area (Å²) in [5, 5.41) is 2.79. The zero-order valence-corrected chi connectivity index (χ0v) is 13.8. The van der Waals surface area contributed by atoms with Crippen molar-refractivity contribution in [3.05, 3.63) is 64.2 Å². The van der Waals surface area contributed by atoms with Crippen LogP contribution in [0.2, 0.25) is 0 Å². The third kappa shape index (κ3) is 2.69. The van der Waals surface area contributed by atoms with Crippen LogP contribution >= 0.6 is 0 Å². The van der Waals surface area contributed by atoms with E-state index < -0.39 is 17.7 Å². The lowest BCUT2D eigenvalue weighted by atomic mass is 10.0. The fraction of sp³-hybridized carbons (Fsp3) is 0.211. The van der Waals surface area contributed by atoms with Gasteiger partial charge in [-0.1, -0.05) is 18.2 Å². The summed E-state index contributed by atoms with van der Waals surface area (Å²) in [6, 6.07) is 10.5. The first-order valence-corrected chi connectivity index (χ1v) is 7.71. The molecule has 1 N–H and O–H groups in total. The van der Waals surface area contributed by atoms with Crippen molar-refractivity contribution >= 4 is 23.4 Å². The molecule has 0 unspecified atom stereocenters. The highest BCUT2D eigenvalue weighted by Crippen LogP contribution is 2.23. The molecule has 5 nitrogen and oxygen atoms in total. The van der Waals surface area contributed by atoms with Gasteiger partial charge in [0.1, 0.15) is 6.54 Å². The molecule has 5 heteroatoms. The van der Waals surface area contributed by atoms with Crippen molar-refractivity contribution in [2.24, 2.45) is 0 Å². The minimum absolute atomic E-state index is 0.293. The molecule has 0 spiro atoms. The molecule has 0 aromatic heterocycles. The molecule has 0 saturated carbocycles. The largest absolute Gasteiger partial charge is 0.324 e. The van der Waals surface area contributed by atoms with Crippen LogP contribution in [0.5, 0.6) is 0 Å². The number of nitrogens with zero attached hydrogens (tertiary/aromatic N) is 1. The van der Waals surface area contributed by atoms with Gasteiger partial charge in [-0.15, -0.1) is 0 Å². The molecule has 0 atom stereocenters. The summed E-state index contributed by atoms with van der Waals surface area (Å²) in [6.45, 7) is 5.59. The fourth-order valence-electron chi connectivity index (χ4n) is 2.81. The maximum absolute atomic E-state index is 12.3. The number of rotatable bonds is 3. The van der Waals surface area contributed by atoms with Crippen molar-refractivity contribution in [2.45, 2.75) is 20.8 Å². The number of imide groups is 1. The molecule has 0 aliphatic carbocycles. The van der Waals surface area contributed by atoms with Crippen LogP contribution in [-0.2, 0) is 4.79 Å². The standard InChI is InChI=1S/C19H18N2O3/c1-11-8-13(3)16(9-12(11)2)20-17(22)10-21-18(23)14-6-4-5-7-15(14)19(21)24/h4-9H,10H2,1-3H3,(H,20,22). The number of anilines is 1. The lowest BCUT2D eigenvalue weighted by Gasteiger charge is -2.15. The Morgan fingerprint density at radius 2 is 1.46 bits per heavy atom. The normalized spacial score (nSPS) is 13.2. The summed E-state index contributed by atoms with van der Waals surface area (Å²) in [5.74, 6) is -1.25. The molecule has 2 aromatic carbocycles. The Labute approximate surface area is 140 Å². The molecule has 2 aromatic rings. The van der Waals surface area contributed by atoms with Crippen molar-refractivity contribution in [1.82, 2.24) is 4.90 Å². The highest BCUT2D eigenvalue weighted by atomic mass is 16.2. The van der Waals surface area contributed by atoms with E-state index in [1.165, 1.54) is 0 Å². The van der Waals surface area contributed by atoms with Gasteiger partial charge in [0.25, 0.3) is 11.8 Å². The summed E-state index contributed by atoms with van der Waals surface area (Å²) in [7, 11) is 0. The number of nitrogens with one attached hydrogen (secondary N) is 1. The van der Waals surface area contributed by atoms with Gasteiger partial charge in [0, 0.05) is 5.69 Å². The van der Waals surface area contributed by atoms with Crippen molar-refractivity contribution in [1.29, 1.82) is 0 Å². The Hall–Kier alpha value is -2.95. The summed E-state index contributed by atoms with van der Waals surface area (Å²) >= 11 is 0. The van der Waals surface area contributed by atoms with Gasteiger partial charge in [-0.3, -0.25) is 19.3 Å². The smallest absolute Gasteiger partial charge is 0.262 e. The van der Waals surface area contributed by atoms with E-state index in [1.54, 1.807) is 24.3 Å². The quantitative estimate of drug-likeness (QED) is 0.884. The van der Waals surface area contributed by atoms with Gasteiger partial charge in [-0.25, -0.2) is 0 Å². The molecule has 3 rings (SSSR count). The Morgan fingerprint density at radius 1 is 0.917 bits per heavy atom. The fourth-order valence-corrected chi connectivity index (χ4v) is 2.81. The number of fused-ring (bicyclic) bond motifs is 1. The first kappa shape index (κ1) is 15.9. The maximum Gasteiger partial charge on any atom is 0.262 e. The molecule has 0 bridgehead atoms. The van der Waals surface area contributed by atoms with Crippen LogP contribution in [-0.4, -0.2) is 29.2 Å². The number of carbonyl (C=O) groups excluding carboxylic acids is 3. The Morgan fingerprint density at radius 3 is 2.04 bits per heavy atom. The lowest BCUT2D eigenvalue weighted by molar-refractivity contribution is -0.116. The predicted molar refractivity (Wildman–Crippen MR) is 91.1 cm³/mol. The number of hydrogen-bond donors (Lipinski definition) is 1. The molecular weight excluding hydrogens is 304 g/mol. The van der Waals surface area contributed by atoms with Crippen LogP contribution in [0.3, 0.4) is 0 Å². The van der Waals surface area contributed by atoms with E-state index in [0.29, 0.717) is 16.8 Å². The van der Waals surface area contributed by atoms with Crippen LogP contribution in [0.4, 0.5) is 5.69 Å². The molecule has 0 radical (unpaired) electrons. The number of benzene rings is 2. The SMILES string of the molecule is Cc1cc(C)c(NC(=O)CN2C(=O)c3ccccc3C2=O)cc1C. The number of hydrogen-bond acceptors (Lipinski definition) is 3. The second-order valence-corrected chi connectivity index (χ2v) is 6.04.